The maximum absolute atomic E-state index is 10.9. The molecule has 0 unspecified atom stereocenters. The van der Waals surface area contributed by atoms with E-state index in [4.69, 9.17) is 10.2 Å². The molecule has 104 valence electrons. The Hall–Kier alpha value is -2.70. The summed E-state index contributed by atoms with van der Waals surface area (Å²) in [6, 6.07) is 9.08. The molecule has 0 saturated heterocycles. The van der Waals surface area contributed by atoms with E-state index in [0.717, 1.165) is 5.56 Å². The first-order valence-corrected chi connectivity index (χ1v) is 5.99. The summed E-state index contributed by atoms with van der Waals surface area (Å²) in [6.45, 7) is 0.145. The molecule has 0 saturated carbocycles. The maximum Gasteiger partial charge on any atom is 0.309 e. The minimum Gasteiger partial charge on any atom is -0.481 e. The molecule has 7 heteroatoms. The zero-order valence-corrected chi connectivity index (χ0v) is 10.6. The van der Waals surface area contributed by atoms with Crippen LogP contribution < -0.4 is 0 Å². The molecule has 0 radical (unpaired) electrons. The van der Waals surface area contributed by atoms with Gasteiger partial charge in [-0.2, -0.15) is 0 Å². The molecule has 0 spiro atoms. The highest BCUT2D eigenvalue weighted by Crippen LogP contribution is 2.22. The topological polar surface area (TPSA) is 105 Å². The van der Waals surface area contributed by atoms with Gasteiger partial charge in [0.1, 0.15) is 5.69 Å². The third-order valence-corrected chi connectivity index (χ3v) is 2.71. The van der Waals surface area contributed by atoms with Crippen molar-refractivity contribution in [1.29, 1.82) is 0 Å². The van der Waals surface area contributed by atoms with Crippen LogP contribution in [-0.4, -0.2) is 37.1 Å². The average Bonchev–Trinajstić information content (AvgIpc) is 2.79. The molecule has 1 aromatic carbocycles. The van der Waals surface area contributed by atoms with Crippen LogP contribution in [0.2, 0.25) is 0 Å². The van der Waals surface area contributed by atoms with Gasteiger partial charge in [-0.1, -0.05) is 35.5 Å². The SMILES string of the molecule is O=C(O)CCn1nnc(CC(=O)O)c1-c1ccccc1. The number of rotatable bonds is 6. The van der Waals surface area contributed by atoms with Crippen LogP contribution in [0.3, 0.4) is 0 Å². The van der Waals surface area contributed by atoms with Crippen LogP contribution in [0.5, 0.6) is 0 Å². The van der Waals surface area contributed by atoms with Gasteiger partial charge in [0, 0.05) is 5.56 Å². The molecule has 0 amide bonds. The van der Waals surface area contributed by atoms with Crippen molar-refractivity contribution in [2.24, 2.45) is 0 Å². The number of benzene rings is 1. The van der Waals surface area contributed by atoms with E-state index in [0.29, 0.717) is 11.4 Å². The van der Waals surface area contributed by atoms with Crippen LogP contribution in [-0.2, 0) is 22.6 Å². The van der Waals surface area contributed by atoms with Gasteiger partial charge in [-0.05, 0) is 0 Å². The lowest BCUT2D eigenvalue weighted by Crippen LogP contribution is -2.08. The Morgan fingerprint density at radius 3 is 2.40 bits per heavy atom. The quantitative estimate of drug-likeness (QED) is 0.816. The number of hydrogen-bond donors (Lipinski definition) is 2. The second-order valence-corrected chi connectivity index (χ2v) is 4.19. The summed E-state index contributed by atoms with van der Waals surface area (Å²) in [7, 11) is 0. The first kappa shape index (κ1) is 13.7. The van der Waals surface area contributed by atoms with Crippen molar-refractivity contribution in [3.8, 4) is 11.3 Å². The van der Waals surface area contributed by atoms with Crippen molar-refractivity contribution < 1.29 is 19.8 Å². The van der Waals surface area contributed by atoms with Crippen LogP contribution in [0, 0.1) is 0 Å². The summed E-state index contributed by atoms with van der Waals surface area (Å²) < 4.78 is 1.43. The van der Waals surface area contributed by atoms with E-state index in [1.165, 1.54) is 4.68 Å². The van der Waals surface area contributed by atoms with Gasteiger partial charge >= 0.3 is 11.9 Å². The molecule has 2 N–H and O–H groups in total. The number of aromatic nitrogens is 3. The van der Waals surface area contributed by atoms with Crippen molar-refractivity contribution in [2.75, 3.05) is 0 Å². The number of nitrogens with zero attached hydrogens (tertiary/aromatic N) is 3. The van der Waals surface area contributed by atoms with E-state index in [1.807, 2.05) is 18.2 Å². The second kappa shape index (κ2) is 5.96. The number of hydrogen-bond acceptors (Lipinski definition) is 4. The van der Waals surface area contributed by atoms with Crippen molar-refractivity contribution in [3.63, 3.8) is 0 Å². The number of carboxylic acid groups (broad SMARTS) is 2. The Morgan fingerprint density at radius 2 is 1.80 bits per heavy atom. The highest BCUT2D eigenvalue weighted by molar-refractivity contribution is 5.74. The molecule has 20 heavy (non-hydrogen) atoms. The fourth-order valence-electron chi connectivity index (χ4n) is 1.88. The highest BCUT2D eigenvalue weighted by Gasteiger charge is 2.17. The van der Waals surface area contributed by atoms with E-state index >= 15 is 0 Å². The van der Waals surface area contributed by atoms with Crippen molar-refractivity contribution in [1.82, 2.24) is 15.0 Å². The predicted molar refractivity (Wildman–Crippen MR) is 69.1 cm³/mol. The number of carbonyl (C=O) groups is 2. The number of carboxylic acids is 2. The van der Waals surface area contributed by atoms with Crippen LogP contribution in [0.15, 0.2) is 30.3 Å². The Morgan fingerprint density at radius 1 is 1.10 bits per heavy atom. The largest absolute Gasteiger partial charge is 0.481 e. The number of aryl methyl sites for hydroxylation is 1. The Labute approximate surface area is 114 Å². The zero-order valence-electron chi connectivity index (χ0n) is 10.6. The molecule has 0 aliphatic carbocycles. The van der Waals surface area contributed by atoms with Gasteiger partial charge in [-0.15, -0.1) is 5.10 Å². The first-order valence-electron chi connectivity index (χ1n) is 5.99. The van der Waals surface area contributed by atoms with Crippen LogP contribution in [0.4, 0.5) is 0 Å². The molecular weight excluding hydrogens is 262 g/mol. The molecule has 0 bridgehead atoms. The molecular formula is C13H13N3O4. The first-order chi connectivity index (χ1) is 9.58. The summed E-state index contributed by atoms with van der Waals surface area (Å²) in [5.74, 6) is -1.95. The normalized spacial score (nSPS) is 10.4. The standard InChI is InChI=1S/C13H13N3O4/c17-11(18)6-7-16-13(9-4-2-1-3-5-9)10(14-15-16)8-12(19)20/h1-5H,6-8H2,(H,17,18)(H,19,20). The molecule has 1 aromatic heterocycles. The summed E-state index contributed by atoms with van der Waals surface area (Å²) in [5.41, 5.74) is 1.64. The molecule has 0 fully saturated rings. The Balaban J connectivity index is 2.40. The average molecular weight is 275 g/mol. The molecule has 2 rings (SSSR count). The molecule has 1 heterocycles. The smallest absolute Gasteiger partial charge is 0.309 e. The number of aliphatic carboxylic acids is 2. The van der Waals surface area contributed by atoms with E-state index in [1.54, 1.807) is 12.1 Å². The molecule has 2 aromatic rings. The Kier molecular flexibility index (Phi) is 4.09. The maximum atomic E-state index is 10.9. The molecule has 7 nitrogen and oxygen atoms in total. The fourth-order valence-corrected chi connectivity index (χ4v) is 1.88. The van der Waals surface area contributed by atoms with Crippen molar-refractivity contribution in [2.45, 2.75) is 19.4 Å². The van der Waals surface area contributed by atoms with Gasteiger partial charge in [0.2, 0.25) is 0 Å². The minimum absolute atomic E-state index is 0.101. The van der Waals surface area contributed by atoms with E-state index in [9.17, 15) is 9.59 Å². The van der Waals surface area contributed by atoms with Gasteiger partial charge in [0.15, 0.2) is 0 Å². The third-order valence-electron chi connectivity index (χ3n) is 2.71. The minimum atomic E-state index is -1.01. The summed E-state index contributed by atoms with van der Waals surface area (Å²) in [6.07, 6.45) is -0.354. The van der Waals surface area contributed by atoms with Crippen LogP contribution in [0.25, 0.3) is 11.3 Å². The molecule has 0 aliphatic heterocycles. The van der Waals surface area contributed by atoms with E-state index in [2.05, 4.69) is 10.3 Å². The fraction of sp³-hybridized carbons (Fsp3) is 0.231. The second-order valence-electron chi connectivity index (χ2n) is 4.19. The predicted octanol–water partition coefficient (Wildman–Crippen LogP) is 1.05. The molecule has 0 aliphatic rings. The monoisotopic (exact) mass is 275 g/mol. The van der Waals surface area contributed by atoms with Gasteiger partial charge in [0.25, 0.3) is 0 Å². The van der Waals surface area contributed by atoms with E-state index in [-0.39, 0.29) is 19.4 Å². The van der Waals surface area contributed by atoms with Crippen molar-refractivity contribution >= 4 is 11.9 Å². The zero-order chi connectivity index (χ0) is 14.5. The lowest BCUT2D eigenvalue weighted by Gasteiger charge is -2.06. The van der Waals surface area contributed by atoms with Gasteiger partial charge in [0.05, 0.1) is 25.1 Å². The van der Waals surface area contributed by atoms with Crippen LogP contribution in [0.1, 0.15) is 12.1 Å². The van der Waals surface area contributed by atoms with E-state index < -0.39 is 11.9 Å². The summed E-state index contributed by atoms with van der Waals surface area (Å²) >= 11 is 0. The van der Waals surface area contributed by atoms with Gasteiger partial charge in [-0.25, -0.2) is 4.68 Å². The third kappa shape index (κ3) is 3.19. The summed E-state index contributed by atoms with van der Waals surface area (Å²) in [4.78, 5) is 21.5. The van der Waals surface area contributed by atoms with Crippen LogP contribution >= 0.6 is 0 Å². The summed E-state index contributed by atoms with van der Waals surface area (Å²) in [5, 5.41) is 25.3. The van der Waals surface area contributed by atoms with Gasteiger partial charge in [-0.3, -0.25) is 9.59 Å². The Bertz CT molecular complexity index is 622. The molecule has 0 atom stereocenters. The van der Waals surface area contributed by atoms with Gasteiger partial charge < -0.3 is 10.2 Å². The lowest BCUT2D eigenvalue weighted by atomic mass is 10.1. The lowest BCUT2D eigenvalue weighted by molar-refractivity contribution is -0.138. The van der Waals surface area contributed by atoms with Crippen molar-refractivity contribution in [3.05, 3.63) is 36.0 Å². The highest BCUT2D eigenvalue weighted by atomic mass is 16.4.